The van der Waals surface area contributed by atoms with Gasteiger partial charge in [-0.25, -0.2) is 4.98 Å². The first-order valence-corrected chi connectivity index (χ1v) is 10.6. The van der Waals surface area contributed by atoms with Crippen molar-refractivity contribution in [3.63, 3.8) is 0 Å². The molecule has 0 aliphatic heterocycles. The first-order valence-electron chi connectivity index (χ1n) is 8.78. The van der Waals surface area contributed by atoms with Crippen LogP contribution in [0.15, 0.2) is 34.2 Å². The van der Waals surface area contributed by atoms with Gasteiger partial charge in [0.1, 0.15) is 4.83 Å². The van der Waals surface area contributed by atoms with E-state index >= 15 is 0 Å². The van der Waals surface area contributed by atoms with E-state index < -0.39 is 5.91 Å². The fourth-order valence-electron chi connectivity index (χ4n) is 3.36. The number of hydrogen-bond acceptors (Lipinski definition) is 6. The summed E-state index contributed by atoms with van der Waals surface area (Å²) < 4.78 is 1.50. The van der Waals surface area contributed by atoms with Crippen molar-refractivity contribution in [3.8, 4) is 0 Å². The predicted octanol–water partition coefficient (Wildman–Crippen LogP) is 2.31. The van der Waals surface area contributed by atoms with Crippen molar-refractivity contribution in [2.45, 2.75) is 24.4 Å². The summed E-state index contributed by atoms with van der Waals surface area (Å²) in [5.74, 6) is -0.852. The van der Waals surface area contributed by atoms with Gasteiger partial charge in [-0.05, 0) is 37.0 Å². The SMILES string of the molecule is Cn1c(SCC(=O)Nc2ccccc2C(N)=O)nc2sc3c(c2c1=O)CCC3. The van der Waals surface area contributed by atoms with Gasteiger partial charge in [-0.1, -0.05) is 23.9 Å². The summed E-state index contributed by atoms with van der Waals surface area (Å²) in [5.41, 5.74) is 7.03. The van der Waals surface area contributed by atoms with Gasteiger partial charge in [0.15, 0.2) is 5.16 Å². The number of nitrogens with one attached hydrogen (secondary N) is 1. The van der Waals surface area contributed by atoms with Crippen LogP contribution in [0.3, 0.4) is 0 Å². The number of primary amides is 1. The number of aryl methyl sites for hydroxylation is 2. The zero-order valence-corrected chi connectivity index (χ0v) is 16.8. The van der Waals surface area contributed by atoms with Crippen molar-refractivity contribution in [3.05, 3.63) is 50.6 Å². The molecule has 1 aliphatic rings. The Morgan fingerprint density at radius 2 is 2.11 bits per heavy atom. The summed E-state index contributed by atoms with van der Waals surface area (Å²) >= 11 is 2.76. The molecular weight excluding hydrogens is 396 g/mol. The summed E-state index contributed by atoms with van der Waals surface area (Å²) in [6, 6.07) is 6.57. The molecule has 28 heavy (non-hydrogen) atoms. The number of hydrogen-bond donors (Lipinski definition) is 2. The molecule has 7 nitrogen and oxygen atoms in total. The van der Waals surface area contributed by atoms with Crippen LogP contribution in [0.5, 0.6) is 0 Å². The Balaban J connectivity index is 1.53. The van der Waals surface area contributed by atoms with Gasteiger partial charge < -0.3 is 11.1 Å². The number of anilines is 1. The Bertz CT molecular complexity index is 1170. The molecule has 9 heteroatoms. The Hall–Kier alpha value is -2.65. The van der Waals surface area contributed by atoms with Gasteiger partial charge in [0.2, 0.25) is 5.91 Å². The topological polar surface area (TPSA) is 107 Å². The highest BCUT2D eigenvalue weighted by atomic mass is 32.2. The van der Waals surface area contributed by atoms with Gasteiger partial charge in [-0.15, -0.1) is 11.3 Å². The second kappa shape index (κ2) is 7.40. The van der Waals surface area contributed by atoms with Crippen LogP contribution in [0.1, 0.15) is 27.2 Å². The lowest BCUT2D eigenvalue weighted by Gasteiger charge is -2.10. The van der Waals surface area contributed by atoms with Crippen molar-refractivity contribution in [1.82, 2.24) is 9.55 Å². The summed E-state index contributed by atoms with van der Waals surface area (Å²) in [6.07, 6.45) is 3.02. The van der Waals surface area contributed by atoms with Gasteiger partial charge in [0, 0.05) is 11.9 Å². The lowest BCUT2D eigenvalue weighted by atomic mass is 10.1. The van der Waals surface area contributed by atoms with Gasteiger partial charge in [-0.2, -0.15) is 0 Å². The quantitative estimate of drug-likeness (QED) is 0.492. The number of para-hydroxylation sites is 1. The van der Waals surface area contributed by atoms with Crippen LogP contribution in [0.2, 0.25) is 0 Å². The van der Waals surface area contributed by atoms with E-state index in [1.165, 1.54) is 21.2 Å². The third-order valence-electron chi connectivity index (χ3n) is 4.70. The van der Waals surface area contributed by atoms with Crippen molar-refractivity contribution in [2.24, 2.45) is 12.8 Å². The Morgan fingerprint density at radius 3 is 2.89 bits per heavy atom. The number of rotatable bonds is 5. The minimum absolute atomic E-state index is 0.0595. The van der Waals surface area contributed by atoms with Crippen LogP contribution in [0, 0.1) is 0 Å². The number of carbonyl (C=O) groups is 2. The van der Waals surface area contributed by atoms with Crippen LogP contribution >= 0.6 is 23.1 Å². The van der Waals surface area contributed by atoms with Crippen molar-refractivity contribution in [2.75, 3.05) is 11.1 Å². The van der Waals surface area contributed by atoms with Crippen molar-refractivity contribution in [1.29, 1.82) is 0 Å². The molecule has 0 radical (unpaired) electrons. The minimum Gasteiger partial charge on any atom is -0.366 e. The normalized spacial score (nSPS) is 12.9. The molecule has 0 fully saturated rings. The molecule has 3 aromatic rings. The molecule has 2 amide bonds. The van der Waals surface area contributed by atoms with Crippen LogP contribution in [0.25, 0.3) is 10.2 Å². The van der Waals surface area contributed by atoms with E-state index in [0.29, 0.717) is 10.8 Å². The average molecular weight is 415 g/mol. The summed E-state index contributed by atoms with van der Waals surface area (Å²) in [5, 5.41) is 3.91. The van der Waals surface area contributed by atoms with E-state index in [-0.39, 0.29) is 22.8 Å². The van der Waals surface area contributed by atoms with Crippen LogP contribution in [-0.2, 0) is 24.7 Å². The maximum atomic E-state index is 12.8. The number of amides is 2. The highest BCUT2D eigenvalue weighted by Crippen LogP contribution is 2.35. The molecule has 0 atom stereocenters. The zero-order valence-electron chi connectivity index (χ0n) is 15.2. The molecule has 2 aromatic heterocycles. The number of thiophene rings is 1. The molecule has 0 bridgehead atoms. The standard InChI is InChI=1S/C19H18N4O3S2/c1-23-18(26)15-11-6-4-8-13(11)28-17(15)22-19(23)27-9-14(24)21-12-7-3-2-5-10(12)16(20)25/h2-3,5,7H,4,6,8-9H2,1H3,(H2,20,25)(H,21,24). The average Bonchev–Trinajstić information content (AvgIpc) is 3.24. The molecule has 0 unspecified atom stereocenters. The summed E-state index contributed by atoms with van der Waals surface area (Å²) in [4.78, 5) is 43.2. The molecule has 1 aliphatic carbocycles. The molecule has 2 heterocycles. The summed E-state index contributed by atoms with van der Waals surface area (Å²) in [6.45, 7) is 0. The number of fused-ring (bicyclic) bond motifs is 3. The Morgan fingerprint density at radius 1 is 1.32 bits per heavy atom. The monoisotopic (exact) mass is 414 g/mol. The second-order valence-corrected chi connectivity index (χ2v) is 8.57. The first-order chi connectivity index (χ1) is 13.5. The number of carbonyl (C=O) groups excluding carboxylic acids is 2. The summed E-state index contributed by atoms with van der Waals surface area (Å²) in [7, 11) is 1.68. The molecule has 3 N–H and O–H groups in total. The first kappa shape index (κ1) is 18.7. The number of thioether (sulfide) groups is 1. The van der Waals surface area contributed by atoms with E-state index in [2.05, 4.69) is 10.3 Å². The van der Waals surface area contributed by atoms with Crippen LogP contribution < -0.4 is 16.6 Å². The third-order valence-corrected chi connectivity index (χ3v) is 6.92. The van der Waals surface area contributed by atoms with Crippen LogP contribution in [0.4, 0.5) is 5.69 Å². The molecule has 0 saturated carbocycles. The fraction of sp³-hybridized carbons (Fsp3) is 0.263. The molecule has 0 spiro atoms. The number of aromatic nitrogens is 2. The zero-order chi connectivity index (χ0) is 19.8. The van der Waals surface area contributed by atoms with E-state index in [1.54, 1.807) is 42.6 Å². The van der Waals surface area contributed by atoms with Crippen molar-refractivity contribution >= 4 is 50.8 Å². The molecular formula is C19H18N4O3S2. The lowest BCUT2D eigenvalue weighted by molar-refractivity contribution is -0.113. The van der Waals surface area contributed by atoms with Gasteiger partial charge in [-0.3, -0.25) is 19.0 Å². The predicted molar refractivity (Wildman–Crippen MR) is 111 cm³/mol. The smallest absolute Gasteiger partial charge is 0.262 e. The van der Waals surface area contributed by atoms with Gasteiger partial charge >= 0.3 is 0 Å². The highest BCUT2D eigenvalue weighted by Gasteiger charge is 2.22. The van der Waals surface area contributed by atoms with E-state index in [0.717, 1.165) is 35.0 Å². The molecule has 4 rings (SSSR count). The second-order valence-electron chi connectivity index (χ2n) is 6.54. The Labute approximate surface area is 169 Å². The number of nitrogens with two attached hydrogens (primary N) is 1. The van der Waals surface area contributed by atoms with Gasteiger partial charge in [0.25, 0.3) is 11.5 Å². The van der Waals surface area contributed by atoms with Gasteiger partial charge in [0.05, 0.1) is 22.4 Å². The number of benzene rings is 1. The lowest BCUT2D eigenvalue weighted by Crippen LogP contribution is -2.22. The third kappa shape index (κ3) is 3.31. The maximum absolute atomic E-state index is 12.8. The molecule has 0 saturated heterocycles. The van der Waals surface area contributed by atoms with Crippen LogP contribution in [-0.4, -0.2) is 27.1 Å². The fourth-order valence-corrected chi connectivity index (χ4v) is 5.43. The minimum atomic E-state index is -0.608. The molecule has 1 aromatic carbocycles. The largest absolute Gasteiger partial charge is 0.366 e. The van der Waals surface area contributed by atoms with E-state index in [9.17, 15) is 14.4 Å². The van der Waals surface area contributed by atoms with E-state index in [4.69, 9.17) is 5.73 Å². The maximum Gasteiger partial charge on any atom is 0.262 e. The molecule has 144 valence electrons. The van der Waals surface area contributed by atoms with E-state index in [1.807, 2.05) is 0 Å². The van der Waals surface area contributed by atoms with Crippen molar-refractivity contribution < 1.29 is 9.59 Å². The number of nitrogens with zero attached hydrogens (tertiary/aromatic N) is 2. The Kier molecular flexibility index (Phi) is 4.94. The highest BCUT2D eigenvalue weighted by molar-refractivity contribution is 7.99.